The summed E-state index contributed by atoms with van der Waals surface area (Å²) >= 11 is 0. The van der Waals surface area contributed by atoms with Crippen LogP contribution in [-0.4, -0.2) is 38.0 Å². The van der Waals surface area contributed by atoms with Gasteiger partial charge in [-0.3, -0.25) is 4.79 Å². The lowest BCUT2D eigenvalue weighted by Crippen LogP contribution is -2.30. The number of carbonyl (C=O) groups excluding carboxylic acids is 2. The molecule has 9 heavy (non-hydrogen) atoms. The molecule has 0 aliphatic rings. The van der Waals surface area contributed by atoms with Gasteiger partial charge in [-0.05, 0) is 0 Å². The van der Waals surface area contributed by atoms with Crippen LogP contribution in [0.1, 0.15) is 0 Å². The summed E-state index contributed by atoms with van der Waals surface area (Å²) in [6, 6.07) is 0. The van der Waals surface area contributed by atoms with Crippen LogP contribution >= 0.6 is 0 Å². The Labute approximate surface area is 53.4 Å². The first-order valence-corrected chi connectivity index (χ1v) is 2.39. The highest BCUT2D eigenvalue weighted by Gasteiger charge is 2.14. The number of esters is 1. The third kappa shape index (κ3) is 2.12. The number of carbonyl (C=O) groups is 2. The molecule has 0 atom stereocenters. The number of rotatable bonds is 0. The number of nitrogens with zero attached hydrogens (tertiary/aromatic N) is 1. The van der Waals surface area contributed by atoms with Gasteiger partial charge in [0.15, 0.2) is 0 Å². The molecule has 52 valence electrons. The van der Waals surface area contributed by atoms with Gasteiger partial charge in [0.05, 0.1) is 7.11 Å². The molecule has 0 aliphatic carbocycles. The van der Waals surface area contributed by atoms with E-state index in [-0.39, 0.29) is 0 Å². The van der Waals surface area contributed by atoms with Crippen LogP contribution in [0.5, 0.6) is 0 Å². The summed E-state index contributed by atoms with van der Waals surface area (Å²) in [6.07, 6.45) is 0. The maximum Gasteiger partial charge on any atom is 0.396 e. The lowest BCUT2D eigenvalue weighted by atomic mass is 11.1. The second-order valence-electron chi connectivity index (χ2n) is 1.69. The van der Waals surface area contributed by atoms with Crippen molar-refractivity contribution in [1.29, 1.82) is 0 Å². The summed E-state index contributed by atoms with van der Waals surface area (Å²) in [4.78, 5) is 22.0. The molecular formula is C5H9NO3. The van der Waals surface area contributed by atoms with Gasteiger partial charge in [0.2, 0.25) is 0 Å². The van der Waals surface area contributed by atoms with Crippen LogP contribution in [0.25, 0.3) is 0 Å². The van der Waals surface area contributed by atoms with E-state index in [0.717, 1.165) is 4.90 Å². The van der Waals surface area contributed by atoms with Crippen molar-refractivity contribution in [2.45, 2.75) is 0 Å². The third-order valence-corrected chi connectivity index (χ3v) is 0.766. The first-order chi connectivity index (χ1) is 4.09. The van der Waals surface area contributed by atoms with E-state index in [1.165, 1.54) is 21.2 Å². The summed E-state index contributed by atoms with van der Waals surface area (Å²) in [5, 5.41) is 0. The molecule has 0 fully saturated rings. The van der Waals surface area contributed by atoms with Crippen molar-refractivity contribution in [2.75, 3.05) is 21.2 Å². The largest absolute Gasteiger partial charge is 0.462 e. The molecule has 0 unspecified atom stereocenters. The van der Waals surface area contributed by atoms with Gasteiger partial charge in [0, 0.05) is 14.1 Å². The van der Waals surface area contributed by atoms with Crippen molar-refractivity contribution in [2.24, 2.45) is 0 Å². The molecule has 0 saturated carbocycles. The number of amides is 1. The molecule has 0 N–H and O–H groups in total. The van der Waals surface area contributed by atoms with E-state index < -0.39 is 11.9 Å². The van der Waals surface area contributed by atoms with Crippen LogP contribution in [0.15, 0.2) is 0 Å². The molecule has 0 rings (SSSR count). The Morgan fingerprint density at radius 2 is 1.78 bits per heavy atom. The van der Waals surface area contributed by atoms with Crippen LogP contribution in [0.2, 0.25) is 0 Å². The average molecular weight is 133 g/mol. The van der Waals surface area contributed by atoms with Gasteiger partial charge < -0.3 is 9.64 Å². The molecule has 0 spiro atoms. The highest BCUT2D eigenvalue weighted by Crippen LogP contribution is 1.80. The van der Waals surface area contributed by atoms with E-state index >= 15 is 0 Å². The van der Waals surface area contributed by atoms with Crippen LogP contribution in [0.4, 0.5) is 0 Å². The van der Waals surface area contributed by atoms with Gasteiger partial charge in [-0.1, -0.05) is 0 Å². The summed E-state index contributed by atoms with van der Waals surface area (Å²) in [5.41, 5.74) is 0. The quantitative estimate of drug-likeness (QED) is 0.248. The lowest BCUT2D eigenvalue weighted by Gasteiger charge is -2.06. The second kappa shape index (κ2) is 3.06. The van der Waals surface area contributed by atoms with Crippen LogP contribution < -0.4 is 0 Å². The van der Waals surface area contributed by atoms with Crippen molar-refractivity contribution in [3.63, 3.8) is 0 Å². The minimum absolute atomic E-state index is 0.641. The van der Waals surface area contributed by atoms with E-state index in [2.05, 4.69) is 4.74 Å². The van der Waals surface area contributed by atoms with Crippen molar-refractivity contribution in [1.82, 2.24) is 4.90 Å². The van der Waals surface area contributed by atoms with E-state index in [9.17, 15) is 9.59 Å². The van der Waals surface area contributed by atoms with E-state index in [1.807, 2.05) is 0 Å². The number of hydrogen-bond donors (Lipinski definition) is 0. The zero-order valence-electron chi connectivity index (χ0n) is 5.67. The van der Waals surface area contributed by atoms with Crippen molar-refractivity contribution in [3.8, 4) is 0 Å². The molecule has 1 amide bonds. The monoisotopic (exact) mass is 133 g/mol. The number of methoxy groups -OCH3 is 1. The number of likely N-dealkylation sites (N-methyl/N-ethyl adjacent to an activating group) is 1. The maximum atomic E-state index is 10.5. The summed E-state index contributed by atoms with van der Waals surface area (Å²) in [7, 11) is 4.14. The normalized spacial score (nSPS) is 8.33. The topological polar surface area (TPSA) is 46.6 Å². The predicted octanol–water partition coefficient (Wildman–Crippen LogP) is -0.752. The fourth-order valence-corrected chi connectivity index (χ4v) is 0.270. The van der Waals surface area contributed by atoms with Crippen molar-refractivity contribution in [3.05, 3.63) is 0 Å². The van der Waals surface area contributed by atoms with E-state index in [4.69, 9.17) is 0 Å². The minimum atomic E-state index is -0.833. The molecule has 0 aliphatic heterocycles. The summed E-state index contributed by atoms with van der Waals surface area (Å²) < 4.78 is 4.14. The SMILES string of the molecule is CO[13C](=O)[13C](=O)N(C)C. The Morgan fingerprint density at radius 3 is 1.89 bits per heavy atom. The van der Waals surface area contributed by atoms with Gasteiger partial charge in [0.1, 0.15) is 0 Å². The maximum absolute atomic E-state index is 10.5. The Bertz CT molecular complexity index is 130. The molecule has 0 bridgehead atoms. The highest BCUT2D eigenvalue weighted by molar-refractivity contribution is 6.32. The molecule has 0 aromatic heterocycles. The zero-order chi connectivity index (χ0) is 7.44. The molecule has 4 nitrogen and oxygen atoms in total. The summed E-state index contributed by atoms with van der Waals surface area (Å²) in [5.74, 6) is -1.47. The van der Waals surface area contributed by atoms with Gasteiger partial charge >= 0.3 is 11.9 Å². The second-order valence-corrected chi connectivity index (χ2v) is 1.69. The third-order valence-electron chi connectivity index (χ3n) is 0.766. The van der Waals surface area contributed by atoms with Crippen molar-refractivity contribution < 1.29 is 14.3 Å². The Balaban J connectivity index is 3.89. The highest BCUT2D eigenvalue weighted by atomic mass is 16.6. The van der Waals surface area contributed by atoms with Crippen LogP contribution in [0.3, 0.4) is 0 Å². The molecule has 4 heteroatoms. The number of ether oxygens (including phenoxy) is 1. The van der Waals surface area contributed by atoms with Crippen LogP contribution in [0, 0.1) is 0 Å². The van der Waals surface area contributed by atoms with E-state index in [0.29, 0.717) is 0 Å². The first kappa shape index (κ1) is 7.94. The fraction of sp³-hybridized carbons (Fsp3) is 0.600. The van der Waals surface area contributed by atoms with Gasteiger partial charge in [-0.2, -0.15) is 0 Å². The average Bonchev–Trinajstić information content (AvgIpc) is 1.84. The Kier molecular flexibility index (Phi) is 2.70. The number of hydrogen-bond acceptors (Lipinski definition) is 3. The molecule has 0 heterocycles. The van der Waals surface area contributed by atoms with Crippen LogP contribution in [-0.2, 0) is 14.3 Å². The molecule has 0 radical (unpaired) electrons. The van der Waals surface area contributed by atoms with Crippen molar-refractivity contribution >= 4 is 11.9 Å². The van der Waals surface area contributed by atoms with Gasteiger partial charge in [-0.15, -0.1) is 0 Å². The molecule has 0 aromatic rings. The van der Waals surface area contributed by atoms with E-state index in [1.54, 1.807) is 0 Å². The first-order valence-electron chi connectivity index (χ1n) is 2.39. The lowest BCUT2D eigenvalue weighted by molar-refractivity contribution is -0.156. The fourth-order valence-electron chi connectivity index (χ4n) is 0.270. The Hall–Kier alpha value is -1.06. The summed E-state index contributed by atoms with van der Waals surface area (Å²) in [6.45, 7) is 0. The predicted molar refractivity (Wildman–Crippen MR) is 30.7 cm³/mol. The molecule has 0 saturated heterocycles. The Morgan fingerprint density at radius 1 is 1.33 bits per heavy atom. The zero-order valence-corrected chi connectivity index (χ0v) is 5.67. The molecule has 0 aromatic carbocycles. The van der Waals surface area contributed by atoms with Gasteiger partial charge in [0.25, 0.3) is 0 Å². The smallest absolute Gasteiger partial charge is 0.396 e. The molecular weight excluding hydrogens is 124 g/mol. The minimum Gasteiger partial charge on any atom is -0.462 e. The standard InChI is InChI=1S/C5H9NO3/c1-6(2)4(7)5(8)9-3/h1-3H3/i4+1,5+1. The van der Waals surface area contributed by atoms with Gasteiger partial charge in [-0.25, -0.2) is 4.79 Å².